The van der Waals surface area contributed by atoms with Gasteiger partial charge in [0.25, 0.3) is 5.56 Å². The fraction of sp³-hybridized carbons (Fsp3) is 0.300. The average molecular weight is 423 g/mol. The van der Waals surface area contributed by atoms with Crippen LogP contribution in [0.2, 0.25) is 5.02 Å². The molecule has 8 heteroatoms. The molecule has 2 aromatic carbocycles. The van der Waals surface area contributed by atoms with E-state index in [0.29, 0.717) is 28.1 Å². The first-order chi connectivity index (χ1) is 13.5. The molecule has 4 nitrogen and oxygen atoms in total. The highest BCUT2D eigenvalue weighted by molar-refractivity contribution is 7.99. The maximum atomic E-state index is 14.5. The van der Waals surface area contributed by atoms with Gasteiger partial charge in [0.15, 0.2) is 5.16 Å². The molecule has 2 heterocycles. The molecule has 1 fully saturated rings. The molecule has 0 bridgehead atoms. The number of hydrogen-bond acceptors (Lipinski definition) is 4. The van der Waals surface area contributed by atoms with Gasteiger partial charge in [0.05, 0.1) is 22.7 Å². The van der Waals surface area contributed by atoms with Crippen LogP contribution < -0.4 is 5.56 Å². The summed E-state index contributed by atoms with van der Waals surface area (Å²) in [5.41, 5.74) is -0.0295. The van der Waals surface area contributed by atoms with Crippen LogP contribution in [0.25, 0.3) is 16.6 Å². The molecule has 28 heavy (non-hydrogen) atoms. The average Bonchev–Trinajstić information content (AvgIpc) is 2.69. The molecule has 0 radical (unpaired) electrons. The maximum absolute atomic E-state index is 14.5. The van der Waals surface area contributed by atoms with Crippen LogP contribution in [0.1, 0.15) is 19.3 Å². The molecule has 146 valence electrons. The lowest BCUT2D eigenvalue weighted by atomic mass is 10.1. The molecule has 0 unspecified atom stereocenters. The minimum Gasteiger partial charge on any atom is -0.377 e. The van der Waals surface area contributed by atoms with Gasteiger partial charge < -0.3 is 4.74 Å². The summed E-state index contributed by atoms with van der Waals surface area (Å²) >= 11 is 7.35. The Kier molecular flexibility index (Phi) is 5.66. The van der Waals surface area contributed by atoms with Crippen molar-refractivity contribution in [2.75, 3.05) is 12.4 Å². The quantitative estimate of drug-likeness (QED) is 0.439. The SMILES string of the molecule is O=c1c2cc(Cl)ccc2nc(SC[C@H]2CCCCO2)n1-c1ccc(F)cc1F. The zero-order chi connectivity index (χ0) is 19.7. The Morgan fingerprint density at radius 1 is 1.21 bits per heavy atom. The van der Waals surface area contributed by atoms with Crippen molar-refractivity contribution in [2.45, 2.75) is 30.5 Å². The third-order valence-corrected chi connectivity index (χ3v) is 5.93. The number of hydrogen-bond donors (Lipinski definition) is 0. The monoisotopic (exact) mass is 422 g/mol. The van der Waals surface area contributed by atoms with E-state index in [4.69, 9.17) is 16.3 Å². The summed E-state index contributed by atoms with van der Waals surface area (Å²) in [6, 6.07) is 7.92. The van der Waals surface area contributed by atoms with E-state index in [9.17, 15) is 13.6 Å². The van der Waals surface area contributed by atoms with E-state index < -0.39 is 17.2 Å². The summed E-state index contributed by atoms with van der Waals surface area (Å²) in [5, 5.41) is 0.988. The molecule has 1 aromatic heterocycles. The second kappa shape index (κ2) is 8.19. The van der Waals surface area contributed by atoms with Crippen LogP contribution in [0.3, 0.4) is 0 Å². The predicted molar refractivity (Wildman–Crippen MR) is 107 cm³/mol. The lowest BCUT2D eigenvalue weighted by Gasteiger charge is -2.22. The highest BCUT2D eigenvalue weighted by atomic mass is 35.5. The highest BCUT2D eigenvalue weighted by Crippen LogP contribution is 2.27. The first-order valence-corrected chi connectivity index (χ1v) is 10.3. The number of ether oxygens (including phenoxy) is 1. The van der Waals surface area contributed by atoms with Crippen LogP contribution in [0.4, 0.5) is 8.78 Å². The van der Waals surface area contributed by atoms with E-state index in [2.05, 4.69) is 4.98 Å². The van der Waals surface area contributed by atoms with Gasteiger partial charge in [-0.3, -0.25) is 9.36 Å². The molecule has 0 aliphatic carbocycles. The van der Waals surface area contributed by atoms with E-state index in [-0.39, 0.29) is 17.2 Å². The number of benzene rings is 2. The Hall–Kier alpha value is -1.96. The topological polar surface area (TPSA) is 44.1 Å². The van der Waals surface area contributed by atoms with Gasteiger partial charge in [-0.05, 0) is 49.6 Å². The number of aromatic nitrogens is 2. The van der Waals surface area contributed by atoms with E-state index in [1.165, 1.54) is 28.5 Å². The minimum absolute atomic E-state index is 0.0483. The summed E-state index contributed by atoms with van der Waals surface area (Å²) in [5.74, 6) is -0.953. The van der Waals surface area contributed by atoms with Crippen LogP contribution in [0.15, 0.2) is 46.3 Å². The van der Waals surface area contributed by atoms with Crippen LogP contribution in [0.5, 0.6) is 0 Å². The lowest BCUT2D eigenvalue weighted by molar-refractivity contribution is 0.0315. The highest BCUT2D eigenvalue weighted by Gasteiger charge is 2.20. The molecule has 0 spiro atoms. The second-order valence-electron chi connectivity index (χ2n) is 6.59. The summed E-state index contributed by atoms with van der Waals surface area (Å²) in [6.07, 6.45) is 3.13. The van der Waals surface area contributed by atoms with E-state index in [0.717, 1.165) is 31.4 Å². The molecule has 0 N–H and O–H groups in total. The van der Waals surface area contributed by atoms with Gasteiger partial charge in [0, 0.05) is 23.4 Å². The van der Waals surface area contributed by atoms with Gasteiger partial charge in [-0.1, -0.05) is 23.4 Å². The predicted octanol–water partition coefficient (Wildman–Crippen LogP) is 4.98. The van der Waals surface area contributed by atoms with Gasteiger partial charge in [0.1, 0.15) is 11.6 Å². The largest absolute Gasteiger partial charge is 0.377 e. The Balaban J connectivity index is 1.83. The van der Waals surface area contributed by atoms with Crippen molar-refractivity contribution in [3.05, 3.63) is 63.4 Å². The molecule has 1 aliphatic heterocycles. The Morgan fingerprint density at radius 2 is 2.07 bits per heavy atom. The molecular formula is C20H17ClF2N2O2S. The standard InChI is InChI=1S/C20H17ClF2N2O2S/c21-12-4-6-17-15(9-12)19(26)25(18-7-5-13(22)10-16(18)23)20(24-17)28-11-14-3-1-2-8-27-14/h4-7,9-10,14H,1-3,8,11H2/t14-/m1/s1. The maximum Gasteiger partial charge on any atom is 0.266 e. The van der Waals surface area contributed by atoms with Gasteiger partial charge >= 0.3 is 0 Å². The Labute approximate surface area is 169 Å². The molecule has 0 saturated carbocycles. The number of fused-ring (bicyclic) bond motifs is 1. The van der Waals surface area contributed by atoms with Gasteiger partial charge in [-0.2, -0.15) is 0 Å². The van der Waals surface area contributed by atoms with Crippen LogP contribution in [-0.4, -0.2) is 28.0 Å². The molecule has 4 rings (SSSR count). The Morgan fingerprint density at radius 3 is 2.82 bits per heavy atom. The normalized spacial score (nSPS) is 17.2. The van der Waals surface area contributed by atoms with Crippen molar-refractivity contribution in [1.82, 2.24) is 9.55 Å². The van der Waals surface area contributed by atoms with Gasteiger partial charge in [-0.25, -0.2) is 13.8 Å². The van der Waals surface area contributed by atoms with Gasteiger partial charge in [-0.15, -0.1) is 0 Å². The van der Waals surface area contributed by atoms with E-state index >= 15 is 0 Å². The molecule has 3 aromatic rings. The van der Waals surface area contributed by atoms with Crippen molar-refractivity contribution >= 4 is 34.3 Å². The first kappa shape index (κ1) is 19.4. The van der Waals surface area contributed by atoms with Crippen LogP contribution >= 0.6 is 23.4 Å². The molecule has 1 saturated heterocycles. The molecule has 1 atom stereocenters. The fourth-order valence-corrected chi connectivity index (χ4v) is 4.46. The summed E-state index contributed by atoms with van der Waals surface area (Å²) < 4.78 is 34.8. The van der Waals surface area contributed by atoms with Crippen molar-refractivity contribution in [3.63, 3.8) is 0 Å². The van der Waals surface area contributed by atoms with E-state index in [1.807, 2.05) is 0 Å². The zero-order valence-electron chi connectivity index (χ0n) is 14.8. The molecule has 1 aliphatic rings. The van der Waals surface area contributed by atoms with Crippen molar-refractivity contribution in [3.8, 4) is 5.69 Å². The second-order valence-corrected chi connectivity index (χ2v) is 8.02. The van der Waals surface area contributed by atoms with Crippen LogP contribution in [0, 0.1) is 11.6 Å². The summed E-state index contributed by atoms with van der Waals surface area (Å²) in [7, 11) is 0. The third-order valence-electron chi connectivity index (χ3n) is 4.62. The molecular weight excluding hydrogens is 406 g/mol. The van der Waals surface area contributed by atoms with Crippen molar-refractivity contribution in [1.29, 1.82) is 0 Å². The third kappa shape index (κ3) is 3.92. The molecule has 0 amide bonds. The number of rotatable bonds is 4. The summed E-state index contributed by atoms with van der Waals surface area (Å²) in [4.78, 5) is 17.7. The number of thioether (sulfide) groups is 1. The zero-order valence-corrected chi connectivity index (χ0v) is 16.4. The van der Waals surface area contributed by atoms with Gasteiger partial charge in [0.2, 0.25) is 0 Å². The number of halogens is 3. The van der Waals surface area contributed by atoms with Crippen molar-refractivity contribution < 1.29 is 13.5 Å². The summed E-state index contributed by atoms with van der Waals surface area (Å²) in [6.45, 7) is 0.717. The van der Waals surface area contributed by atoms with Crippen LogP contribution in [-0.2, 0) is 4.74 Å². The fourth-order valence-electron chi connectivity index (χ4n) is 3.22. The van der Waals surface area contributed by atoms with Crippen molar-refractivity contribution in [2.24, 2.45) is 0 Å². The smallest absolute Gasteiger partial charge is 0.266 e. The number of nitrogens with zero attached hydrogens (tertiary/aromatic N) is 2. The lowest BCUT2D eigenvalue weighted by Crippen LogP contribution is -2.25. The minimum atomic E-state index is -0.832. The van der Waals surface area contributed by atoms with E-state index in [1.54, 1.807) is 12.1 Å². The Bertz CT molecular complexity index is 1080. The first-order valence-electron chi connectivity index (χ1n) is 8.95.